The van der Waals surface area contributed by atoms with Gasteiger partial charge in [0.15, 0.2) is 0 Å². The summed E-state index contributed by atoms with van der Waals surface area (Å²) in [4.78, 5) is 14.4. The second kappa shape index (κ2) is 3.20. The van der Waals surface area contributed by atoms with Crippen molar-refractivity contribution in [2.75, 3.05) is 0 Å². The summed E-state index contributed by atoms with van der Waals surface area (Å²) in [5.74, 6) is -0.872. The first-order valence-corrected chi connectivity index (χ1v) is 4.46. The van der Waals surface area contributed by atoms with Crippen LogP contribution in [0.2, 0.25) is 0 Å². The molecule has 1 fully saturated rings. The first-order valence-electron chi connectivity index (χ1n) is 4.46. The van der Waals surface area contributed by atoms with E-state index in [-0.39, 0.29) is 5.89 Å². The lowest BCUT2D eigenvalue weighted by Gasteiger charge is -2.00. The Hall–Kier alpha value is -1.32. The average Bonchev–Trinajstić information content (AvgIpc) is 2.75. The van der Waals surface area contributed by atoms with Crippen molar-refractivity contribution < 1.29 is 14.3 Å². The molecule has 1 aromatic rings. The van der Waals surface area contributed by atoms with E-state index in [0.717, 1.165) is 18.5 Å². The SMILES string of the molecule is O=C(O)c1nc(C2CCCC2)co1. The van der Waals surface area contributed by atoms with Crippen molar-refractivity contribution >= 4 is 5.97 Å². The molecule has 0 atom stereocenters. The number of carbonyl (C=O) groups is 1. The van der Waals surface area contributed by atoms with Crippen LogP contribution in [-0.4, -0.2) is 16.1 Å². The number of oxazole rings is 1. The number of aromatic carboxylic acids is 1. The summed E-state index contributed by atoms with van der Waals surface area (Å²) >= 11 is 0. The summed E-state index contributed by atoms with van der Waals surface area (Å²) < 4.78 is 4.83. The van der Waals surface area contributed by atoms with Gasteiger partial charge in [-0.15, -0.1) is 0 Å². The van der Waals surface area contributed by atoms with Gasteiger partial charge in [-0.2, -0.15) is 0 Å². The second-order valence-corrected chi connectivity index (χ2v) is 3.36. The highest BCUT2D eigenvalue weighted by Gasteiger charge is 2.21. The Balaban J connectivity index is 2.16. The number of hydrogen-bond acceptors (Lipinski definition) is 3. The van der Waals surface area contributed by atoms with Crippen LogP contribution in [0.3, 0.4) is 0 Å². The second-order valence-electron chi connectivity index (χ2n) is 3.36. The molecule has 4 heteroatoms. The molecule has 13 heavy (non-hydrogen) atoms. The maximum Gasteiger partial charge on any atom is 0.392 e. The van der Waals surface area contributed by atoms with Gasteiger partial charge in [-0.25, -0.2) is 9.78 Å². The van der Waals surface area contributed by atoms with Gasteiger partial charge in [0.2, 0.25) is 0 Å². The third-order valence-corrected chi connectivity index (χ3v) is 2.48. The van der Waals surface area contributed by atoms with E-state index in [9.17, 15) is 4.79 Å². The fourth-order valence-electron chi connectivity index (χ4n) is 1.79. The highest BCUT2D eigenvalue weighted by molar-refractivity contribution is 5.82. The number of rotatable bonds is 2. The summed E-state index contributed by atoms with van der Waals surface area (Å²) in [6.45, 7) is 0. The Bertz CT molecular complexity index is 312. The molecule has 4 nitrogen and oxygen atoms in total. The summed E-state index contributed by atoms with van der Waals surface area (Å²) in [7, 11) is 0. The van der Waals surface area contributed by atoms with Crippen LogP contribution in [-0.2, 0) is 0 Å². The summed E-state index contributed by atoms with van der Waals surface area (Å²) in [6.07, 6.45) is 6.09. The predicted octanol–water partition coefficient (Wildman–Crippen LogP) is 2.03. The normalized spacial score (nSPS) is 17.8. The molecule has 1 aliphatic rings. The van der Waals surface area contributed by atoms with Crippen molar-refractivity contribution in [1.29, 1.82) is 0 Å². The van der Waals surface area contributed by atoms with Gasteiger partial charge in [-0.3, -0.25) is 0 Å². The van der Waals surface area contributed by atoms with Gasteiger partial charge in [-0.05, 0) is 12.8 Å². The molecule has 0 aromatic carbocycles. The smallest absolute Gasteiger partial charge is 0.392 e. The summed E-state index contributed by atoms with van der Waals surface area (Å²) in [5.41, 5.74) is 0.801. The zero-order valence-electron chi connectivity index (χ0n) is 7.19. The van der Waals surface area contributed by atoms with E-state index in [1.54, 1.807) is 0 Å². The Labute approximate surface area is 75.6 Å². The molecule has 1 N–H and O–H groups in total. The minimum Gasteiger partial charge on any atom is -0.474 e. The van der Waals surface area contributed by atoms with E-state index < -0.39 is 5.97 Å². The van der Waals surface area contributed by atoms with E-state index in [0.29, 0.717) is 5.92 Å². The highest BCUT2D eigenvalue weighted by atomic mass is 16.4. The molecule has 0 radical (unpaired) electrons. The minimum absolute atomic E-state index is 0.193. The molecule has 2 rings (SSSR count). The van der Waals surface area contributed by atoms with Gasteiger partial charge >= 0.3 is 11.9 Å². The zero-order valence-corrected chi connectivity index (χ0v) is 7.19. The molecular weight excluding hydrogens is 170 g/mol. The quantitative estimate of drug-likeness (QED) is 0.758. The number of aromatic nitrogens is 1. The third kappa shape index (κ3) is 1.56. The molecule has 0 saturated heterocycles. The van der Waals surface area contributed by atoms with E-state index in [1.807, 2.05) is 0 Å². The Morgan fingerprint density at radius 3 is 2.77 bits per heavy atom. The highest BCUT2D eigenvalue weighted by Crippen LogP contribution is 2.33. The van der Waals surface area contributed by atoms with Crippen LogP contribution in [0.5, 0.6) is 0 Å². The largest absolute Gasteiger partial charge is 0.474 e. The fourth-order valence-corrected chi connectivity index (χ4v) is 1.79. The maximum atomic E-state index is 10.5. The average molecular weight is 181 g/mol. The van der Waals surface area contributed by atoms with Crippen molar-refractivity contribution in [3.63, 3.8) is 0 Å². The molecule has 0 amide bonds. The van der Waals surface area contributed by atoms with E-state index in [4.69, 9.17) is 9.52 Å². The number of carboxylic acids is 1. The van der Waals surface area contributed by atoms with Gasteiger partial charge in [0.05, 0.1) is 5.69 Å². The van der Waals surface area contributed by atoms with Crippen LogP contribution < -0.4 is 0 Å². The molecule has 1 heterocycles. The zero-order chi connectivity index (χ0) is 9.26. The van der Waals surface area contributed by atoms with E-state index in [1.165, 1.54) is 19.1 Å². The molecule has 0 spiro atoms. The third-order valence-electron chi connectivity index (χ3n) is 2.48. The minimum atomic E-state index is -1.09. The van der Waals surface area contributed by atoms with Crippen LogP contribution in [0.25, 0.3) is 0 Å². The van der Waals surface area contributed by atoms with Crippen molar-refractivity contribution in [2.45, 2.75) is 31.6 Å². The standard InChI is InChI=1S/C9H11NO3/c11-9(12)8-10-7(5-13-8)6-3-1-2-4-6/h5-6H,1-4H2,(H,11,12). The van der Waals surface area contributed by atoms with E-state index >= 15 is 0 Å². The van der Waals surface area contributed by atoms with Crippen LogP contribution in [0.15, 0.2) is 10.7 Å². The number of carboxylic acid groups (broad SMARTS) is 1. The first-order chi connectivity index (χ1) is 6.27. The Kier molecular flexibility index (Phi) is 2.04. The monoisotopic (exact) mass is 181 g/mol. The van der Waals surface area contributed by atoms with Crippen LogP contribution in [0.1, 0.15) is 48.0 Å². The molecule has 1 saturated carbocycles. The first kappa shape index (κ1) is 8.29. The number of nitrogens with zero attached hydrogens (tertiary/aromatic N) is 1. The molecule has 0 unspecified atom stereocenters. The van der Waals surface area contributed by atoms with Gasteiger partial charge in [0.25, 0.3) is 0 Å². The van der Waals surface area contributed by atoms with Crippen molar-refractivity contribution in [2.24, 2.45) is 0 Å². The molecule has 1 aliphatic carbocycles. The predicted molar refractivity (Wildman–Crippen MR) is 44.7 cm³/mol. The van der Waals surface area contributed by atoms with Gasteiger partial charge in [-0.1, -0.05) is 12.8 Å². The van der Waals surface area contributed by atoms with Gasteiger partial charge in [0, 0.05) is 5.92 Å². The molecule has 0 aliphatic heterocycles. The molecular formula is C9H11NO3. The van der Waals surface area contributed by atoms with Gasteiger partial charge < -0.3 is 9.52 Å². The lowest BCUT2D eigenvalue weighted by atomic mass is 10.1. The topological polar surface area (TPSA) is 63.3 Å². The lowest BCUT2D eigenvalue weighted by Crippen LogP contribution is -1.98. The fraction of sp³-hybridized carbons (Fsp3) is 0.556. The van der Waals surface area contributed by atoms with E-state index in [2.05, 4.69) is 4.98 Å². The van der Waals surface area contributed by atoms with Crippen LogP contribution in [0, 0.1) is 0 Å². The summed E-state index contributed by atoms with van der Waals surface area (Å²) in [6, 6.07) is 0. The van der Waals surface area contributed by atoms with Crippen LogP contribution >= 0.6 is 0 Å². The van der Waals surface area contributed by atoms with Crippen molar-refractivity contribution in [3.8, 4) is 0 Å². The lowest BCUT2D eigenvalue weighted by molar-refractivity contribution is 0.0653. The van der Waals surface area contributed by atoms with Crippen molar-refractivity contribution in [3.05, 3.63) is 17.8 Å². The maximum absolute atomic E-state index is 10.5. The molecule has 1 aromatic heterocycles. The van der Waals surface area contributed by atoms with Crippen LogP contribution in [0.4, 0.5) is 0 Å². The Morgan fingerprint density at radius 1 is 1.54 bits per heavy atom. The number of hydrogen-bond donors (Lipinski definition) is 1. The van der Waals surface area contributed by atoms with Gasteiger partial charge in [0.1, 0.15) is 6.26 Å². The van der Waals surface area contributed by atoms with Crippen molar-refractivity contribution in [1.82, 2.24) is 4.98 Å². The molecule has 70 valence electrons. The summed E-state index contributed by atoms with van der Waals surface area (Å²) in [5, 5.41) is 8.58. The molecule has 0 bridgehead atoms. The Morgan fingerprint density at radius 2 is 2.23 bits per heavy atom.